The molecule has 2 rings (SSSR count). The fourth-order valence-corrected chi connectivity index (χ4v) is 2.09. The van der Waals surface area contributed by atoms with Crippen LogP contribution in [0.1, 0.15) is 18.2 Å². The maximum atomic E-state index is 11.6. The van der Waals surface area contributed by atoms with Crippen molar-refractivity contribution >= 4 is 27.8 Å². The first-order valence-electron chi connectivity index (χ1n) is 5.91. The van der Waals surface area contributed by atoms with E-state index in [0.29, 0.717) is 5.82 Å². The van der Waals surface area contributed by atoms with Crippen LogP contribution in [0.25, 0.3) is 0 Å². The number of halogens is 1. The highest BCUT2D eigenvalue weighted by Gasteiger charge is 2.12. The molecule has 19 heavy (non-hydrogen) atoms. The number of aromatic nitrogens is 2. The molecule has 0 aliphatic rings. The molecule has 6 heteroatoms. The van der Waals surface area contributed by atoms with Gasteiger partial charge in [0, 0.05) is 0 Å². The zero-order chi connectivity index (χ0) is 13.7. The number of nitrogens with zero attached hydrogens (tertiary/aromatic N) is 1. The molecular weight excluding hydrogens is 310 g/mol. The van der Waals surface area contributed by atoms with Gasteiger partial charge in [-0.2, -0.15) is 5.10 Å². The van der Waals surface area contributed by atoms with Crippen LogP contribution in [-0.4, -0.2) is 16.3 Å². The molecule has 0 fully saturated rings. The van der Waals surface area contributed by atoms with E-state index in [1.165, 1.54) is 0 Å². The van der Waals surface area contributed by atoms with E-state index in [-0.39, 0.29) is 6.61 Å². The number of hydrogen-bond donors (Lipinski definition) is 2. The molecule has 100 valence electrons. The third-order valence-corrected chi connectivity index (χ3v) is 3.42. The van der Waals surface area contributed by atoms with Crippen molar-refractivity contribution < 1.29 is 9.53 Å². The summed E-state index contributed by atoms with van der Waals surface area (Å²) in [6.07, 6.45) is 0.271. The van der Waals surface area contributed by atoms with Crippen molar-refractivity contribution in [3.8, 4) is 0 Å². The van der Waals surface area contributed by atoms with Gasteiger partial charge in [-0.15, -0.1) is 0 Å². The molecule has 0 spiro atoms. The van der Waals surface area contributed by atoms with Crippen molar-refractivity contribution in [1.82, 2.24) is 10.2 Å². The van der Waals surface area contributed by atoms with Crippen LogP contribution in [0.5, 0.6) is 0 Å². The highest BCUT2D eigenvalue weighted by Crippen LogP contribution is 2.24. The summed E-state index contributed by atoms with van der Waals surface area (Å²) in [4.78, 5) is 11.6. The number of carbonyl (C=O) groups is 1. The van der Waals surface area contributed by atoms with E-state index in [9.17, 15) is 4.79 Å². The number of aromatic amines is 1. The Morgan fingerprint density at radius 3 is 2.79 bits per heavy atom. The number of amides is 1. The molecule has 0 radical (unpaired) electrons. The van der Waals surface area contributed by atoms with Crippen LogP contribution >= 0.6 is 15.9 Å². The van der Waals surface area contributed by atoms with E-state index in [4.69, 9.17) is 4.74 Å². The molecule has 1 amide bonds. The van der Waals surface area contributed by atoms with E-state index in [1.807, 2.05) is 37.3 Å². The molecular formula is C13H14BrN3O2. The number of H-pyrrole nitrogens is 1. The second-order valence-corrected chi connectivity index (χ2v) is 4.70. The minimum absolute atomic E-state index is 0.231. The maximum Gasteiger partial charge on any atom is 0.413 e. The Morgan fingerprint density at radius 1 is 1.42 bits per heavy atom. The van der Waals surface area contributed by atoms with E-state index in [0.717, 1.165) is 22.2 Å². The monoisotopic (exact) mass is 323 g/mol. The van der Waals surface area contributed by atoms with Gasteiger partial charge in [0.2, 0.25) is 0 Å². The molecule has 5 nitrogen and oxygen atoms in total. The summed E-state index contributed by atoms with van der Waals surface area (Å²) in [5, 5.41) is 9.42. The molecule has 0 saturated carbocycles. The Labute approximate surface area is 119 Å². The van der Waals surface area contributed by atoms with Crippen LogP contribution in [0, 0.1) is 0 Å². The fraction of sp³-hybridized carbons (Fsp3) is 0.231. The Kier molecular flexibility index (Phi) is 4.57. The summed E-state index contributed by atoms with van der Waals surface area (Å²) in [7, 11) is 0. The normalized spacial score (nSPS) is 10.2. The van der Waals surface area contributed by atoms with Crippen LogP contribution in [0.2, 0.25) is 0 Å². The predicted molar refractivity (Wildman–Crippen MR) is 75.9 cm³/mol. The van der Waals surface area contributed by atoms with Gasteiger partial charge in [-0.05, 0) is 27.9 Å². The molecule has 0 atom stereocenters. The number of carbonyl (C=O) groups excluding carboxylic acids is 1. The van der Waals surface area contributed by atoms with Crippen molar-refractivity contribution in [3.05, 3.63) is 46.1 Å². The van der Waals surface area contributed by atoms with Gasteiger partial charge in [0.25, 0.3) is 0 Å². The lowest BCUT2D eigenvalue weighted by molar-refractivity contribution is 0.155. The lowest BCUT2D eigenvalue weighted by Crippen LogP contribution is -2.14. The van der Waals surface area contributed by atoms with Gasteiger partial charge in [-0.3, -0.25) is 10.4 Å². The number of benzene rings is 1. The summed E-state index contributed by atoms with van der Waals surface area (Å²) in [5.74, 6) is 0.440. The second kappa shape index (κ2) is 6.38. The minimum atomic E-state index is -0.529. The molecule has 0 unspecified atom stereocenters. The summed E-state index contributed by atoms with van der Waals surface area (Å²) < 4.78 is 5.86. The first-order chi connectivity index (χ1) is 9.20. The number of anilines is 1. The van der Waals surface area contributed by atoms with Crippen molar-refractivity contribution in [1.29, 1.82) is 0 Å². The maximum absolute atomic E-state index is 11.6. The Bertz CT molecular complexity index is 554. The van der Waals surface area contributed by atoms with Crippen molar-refractivity contribution in [3.63, 3.8) is 0 Å². The third-order valence-electron chi connectivity index (χ3n) is 2.56. The summed E-state index contributed by atoms with van der Waals surface area (Å²) in [6.45, 7) is 2.23. The number of nitrogens with one attached hydrogen (secondary N) is 2. The third kappa shape index (κ3) is 3.57. The van der Waals surface area contributed by atoms with E-state index in [1.54, 1.807) is 0 Å². The molecule has 1 aromatic carbocycles. The lowest BCUT2D eigenvalue weighted by atomic mass is 10.2. The number of aryl methyl sites for hydroxylation is 1. The van der Waals surface area contributed by atoms with E-state index in [2.05, 4.69) is 31.4 Å². The number of rotatable bonds is 4. The second-order valence-electron chi connectivity index (χ2n) is 3.91. The highest BCUT2D eigenvalue weighted by atomic mass is 79.9. The highest BCUT2D eigenvalue weighted by molar-refractivity contribution is 9.10. The average molecular weight is 324 g/mol. The lowest BCUT2D eigenvalue weighted by Gasteiger charge is -2.05. The summed E-state index contributed by atoms with van der Waals surface area (Å²) >= 11 is 3.37. The number of ether oxygens (including phenoxy) is 1. The van der Waals surface area contributed by atoms with Crippen LogP contribution < -0.4 is 5.32 Å². The molecule has 1 heterocycles. The zero-order valence-corrected chi connectivity index (χ0v) is 12.0. The average Bonchev–Trinajstić information content (AvgIpc) is 2.78. The Hall–Kier alpha value is -1.82. The largest absolute Gasteiger partial charge is 0.444 e. The van der Waals surface area contributed by atoms with Gasteiger partial charge in [-0.25, -0.2) is 4.79 Å². The SMILES string of the molecule is CCc1[nH]nc(NC(=O)OCc2ccccc2)c1Br. The summed E-state index contributed by atoms with van der Waals surface area (Å²) in [5.41, 5.74) is 1.87. The minimum Gasteiger partial charge on any atom is -0.444 e. The first kappa shape index (κ1) is 13.6. The van der Waals surface area contributed by atoms with Crippen LogP contribution in [0.4, 0.5) is 10.6 Å². The van der Waals surface area contributed by atoms with Crippen molar-refractivity contribution in [2.45, 2.75) is 20.0 Å². The molecule has 0 aliphatic heterocycles. The van der Waals surface area contributed by atoms with Gasteiger partial charge in [-0.1, -0.05) is 37.3 Å². The number of hydrogen-bond acceptors (Lipinski definition) is 3. The first-order valence-corrected chi connectivity index (χ1v) is 6.70. The smallest absolute Gasteiger partial charge is 0.413 e. The van der Waals surface area contributed by atoms with Gasteiger partial charge < -0.3 is 4.74 Å². The van der Waals surface area contributed by atoms with Gasteiger partial charge in [0.1, 0.15) is 6.61 Å². The molecule has 2 aromatic rings. The fourth-order valence-electron chi connectivity index (χ4n) is 1.54. The van der Waals surface area contributed by atoms with Crippen LogP contribution in [-0.2, 0) is 17.8 Å². The predicted octanol–water partition coefficient (Wildman–Crippen LogP) is 3.48. The van der Waals surface area contributed by atoms with E-state index >= 15 is 0 Å². The molecule has 1 aromatic heterocycles. The van der Waals surface area contributed by atoms with Crippen molar-refractivity contribution in [2.75, 3.05) is 5.32 Å². The van der Waals surface area contributed by atoms with E-state index < -0.39 is 6.09 Å². The van der Waals surface area contributed by atoms with Gasteiger partial charge in [0.05, 0.1) is 10.2 Å². The van der Waals surface area contributed by atoms with Gasteiger partial charge in [0.15, 0.2) is 5.82 Å². The summed E-state index contributed by atoms with van der Waals surface area (Å²) in [6, 6.07) is 9.50. The molecule has 0 saturated heterocycles. The molecule has 0 bridgehead atoms. The zero-order valence-electron chi connectivity index (χ0n) is 10.4. The Morgan fingerprint density at radius 2 is 2.16 bits per heavy atom. The van der Waals surface area contributed by atoms with Crippen LogP contribution in [0.3, 0.4) is 0 Å². The topological polar surface area (TPSA) is 67.0 Å². The van der Waals surface area contributed by atoms with Gasteiger partial charge >= 0.3 is 6.09 Å². The Balaban J connectivity index is 1.89. The standard InChI is InChI=1S/C13H14BrN3O2/c1-2-10-11(14)12(17-16-10)15-13(18)19-8-9-6-4-3-5-7-9/h3-7H,2,8H2,1H3,(H2,15,16,17,18). The quantitative estimate of drug-likeness (QED) is 0.905. The van der Waals surface area contributed by atoms with Crippen molar-refractivity contribution in [2.24, 2.45) is 0 Å². The molecule has 2 N–H and O–H groups in total. The van der Waals surface area contributed by atoms with Crippen LogP contribution in [0.15, 0.2) is 34.8 Å². The molecule has 0 aliphatic carbocycles.